The maximum atomic E-state index is 5.77. The summed E-state index contributed by atoms with van der Waals surface area (Å²) in [6, 6.07) is 3.77. The smallest absolute Gasteiger partial charge is 0.0456 e. The van der Waals surface area contributed by atoms with E-state index in [2.05, 4.69) is 0 Å². The lowest BCUT2D eigenvalue weighted by Crippen LogP contribution is -1.95. The number of anilines is 2. The van der Waals surface area contributed by atoms with Crippen LogP contribution in [-0.2, 0) is 6.42 Å². The van der Waals surface area contributed by atoms with Gasteiger partial charge in [0.1, 0.15) is 0 Å². The van der Waals surface area contributed by atoms with Crippen molar-refractivity contribution >= 4 is 23.1 Å². The fraction of sp³-hybridized carbons (Fsp3) is 0.250. The van der Waals surface area contributed by atoms with Crippen molar-refractivity contribution in [3.05, 3.63) is 17.7 Å². The number of rotatable bonds is 0. The normalized spacial score (nSPS) is 14.9. The molecule has 0 spiro atoms. The first-order valence-electron chi connectivity index (χ1n) is 3.58. The quantitative estimate of drug-likeness (QED) is 0.574. The van der Waals surface area contributed by atoms with Crippen molar-refractivity contribution in [3.63, 3.8) is 0 Å². The van der Waals surface area contributed by atoms with Crippen molar-refractivity contribution in [3.8, 4) is 0 Å². The lowest BCUT2D eigenvalue weighted by Gasteiger charge is -2.04. The highest BCUT2D eigenvalue weighted by Crippen LogP contribution is 2.38. The molecule has 0 saturated heterocycles. The highest BCUT2D eigenvalue weighted by molar-refractivity contribution is 7.99. The summed E-state index contributed by atoms with van der Waals surface area (Å²) in [6.07, 6.45) is 1.07. The largest absolute Gasteiger partial charge is 0.398 e. The van der Waals surface area contributed by atoms with Crippen molar-refractivity contribution in [1.29, 1.82) is 0 Å². The SMILES string of the molecule is Nc1ccc(N)c2c1CCS2. The monoisotopic (exact) mass is 166 g/mol. The highest BCUT2D eigenvalue weighted by Gasteiger charge is 2.16. The predicted molar refractivity (Wildman–Crippen MR) is 49.7 cm³/mol. The summed E-state index contributed by atoms with van der Waals surface area (Å²) >= 11 is 1.80. The Labute approximate surface area is 70.0 Å². The van der Waals surface area contributed by atoms with Crippen LogP contribution < -0.4 is 11.5 Å². The van der Waals surface area contributed by atoms with Gasteiger partial charge in [-0.1, -0.05) is 0 Å². The third kappa shape index (κ3) is 0.959. The summed E-state index contributed by atoms with van der Waals surface area (Å²) in [5.41, 5.74) is 14.5. The Morgan fingerprint density at radius 1 is 1.18 bits per heavy atom. The second-order valence-corrected chi connectivity index (χ2v) is 3.76. The van der Waals surface area contributed by atoms with E-state index in [4.69, 9.17) is 11.5 Å². The molecular formula is C8H10N2S. The van der Waals surface area contributed by atoms with E-state index in [9.17, 15) is 0 Å². The number of hydrogen-bond acceptors (Lipinski definition) is 3. The van der Waals surface area contributed by atoms with Gasteiger partial charge in [0.05, 0.1) is 0 Å². The second-order valence-electron chi connectivity index (χ2n) is 2.65. The molecule has 0 radical (unpaired) electrons. The third-order valence-electron chi connectivity index (χ3n) is 1.93. The molecule has 1 aromatic rings. The predicted octanol–water partition coefficient (Wildman–Crippen LogP) is 1.50. The van der Waals surface area contributed by atoms with E-state index in [1.807, 2.05) is 12.1 Å². The van der Waals surface area contributed by atoms with Crippen molar-refractivity contribution in [1.82, 2.24) is 0 Å². The van der Waals surface area contributed by atoms with E-state index < -0.39 is 0 Å². The third-order valence-corrected chi connectivity index (χ3v) is 3.10. The zero-order chi connectivity index (χ0) is 7.84. The van der Waals surface area contributed by atoms with E-state index in [1.54, 1.807) is 11.8 Å². The fourth-order valence-electron chi connectivity index (χ4n) is 1.34. The molecule has 0 aliphatic carbocycles. The van der Waals surface area contributed by atoms with Gasteiger partial charge >= 0.3 is 0 Å². The van der Waals surface area contributed by atoms with Crippen molar-refractivity contribution in [2.45, 2.75) is 11.3 Å². The maximum Gasteiger partial charge on any atom is 0.0456 e. The molecule has 0 bridgehead atoms. The molecule has 3 heteroatoms. The van der Waals surface area contributed by atoms with Crippen LogP contribution in [0.5, 0.6) is 0 Å². The van der Waals surface area contributed by atoms with Crippen molar-refractivity contribution in [2.75, 3.05) is 17.2 Å². The summed E-state index contributed by atoms with van der Waals surface area (Å²) in [6.45, 7) is 0. The van der Waals surface area contributed by atoms with Crippen LogP contribution in [0.2, 0.25) is 0 Å². The van der Waals surface area contributed by atoms with E-state index in [0.717, 1.165) is 23.5 Å². The van der Waals surface area contributed by atoms with E-state index in [0.29, 0.717) is 0 Å². The van der Waals surface area contributed by atoms with Gasteiger partial charge in [-0.25, -0.2) is 0 Å². The summed E-state index contributed by atoms with van der Waals surface area (Å²) in [7, 11) is 0. The van der Waals surface area contributed by atoms with Gasteiger partial charge in [-0.2, -0.15) is 0 Å². The fourth-order valence-corrected chi connectivity index (χ4v) is 2.48. The minimum atomic E-state index is 0.872. The van der Waals surface area contributed by atoms with Crippen LogP contribution >= 0.6 is 11.8 Å². The number of benzene rings is 1. The Morgan fingerprint density at radius 3 is 2.64 bits per heavy atom. The van der Waals surface area contributed by atoms with Gasteiger partial charge in [0, 0.05) is 22.0 Å². The zero-order valence-corrected chi connectivity index (χ0v) is 6.95. The average Bonchev–Trinajstić information content (AvgIpc) is 2.45. The van der Waals surface area contributed by atoms with Crippen LogP contribution in [0.15, 0.2) is 17.0 Å². The molecule has 2 nitrogen and oxygen atoms in total. The van der Waals surface area contributed by atoms with Gasteiger partial charge in [-0.05, 0) is 24.1 Å². The standard InChI is InChI=1S/C8H10N2S/c9-6-1-2-7(10)8-5(6)3-4-11-8/h1-2H,3-4,9-10H2. The Balaban J connectivity index is 2.64. The van der Waals surface area contributed by atoms with Gasteiger partial charge in [0.15, 0.2) is 0 Å². The summed E-state index contributed by atoms with van der Waals surface area (Å²) in [5, 5.41) is 0. The van der Waals surface area contributed by atoms with Crippen LogP contribution in [0.3, 0.4) is 0 Å². The molecule has 4 N–H and O–H groups in total. The van der Waals surface area contributed by atoms with Crippen LogP contribution in [0.4, 0.5) is 11.4 Å². The molecule has 0 unspecified atom stereocenters. The Hall–Kier alpha value is -0.830. The van der Waals surface area contributed by atoms with E-state index >= 15 is 0 Å². The molecule has 0 atom stereocenters. The van der Waals surface area contributed by atoms with Crippen LogP contribution in [-0.4, -0.2) is 5.75 Å². The molecule has 1 aliphatic rings. The Kier molecular flexibility index (Phi) is 1.46. The van der Waals surface area contributed by atoms with Gasteiger partial charge in [0.25, 0.3) is 0 Å². The van der Waals surface area contributed by atoms with Gasteiger partial charge in [0.2, 0.25) is 0 Å². The van der Waals surface area contributed by atoms with Crippen LogP contribution in [0.25, 0.3) is 0 Å². The first-order valence-corrected chi connectivity index (χ1v) is 4.57. The lowest BCUT2D eigenvalue weighted by molar-refractivity contribution is 1.15. The molecule has 0 fully saturated rings. The number of hydrogen-bond donors (Lipinski definition) is 2. The van der Waals surface area contributed by atoms with Crippen molar-refractivity contribution < 1.29 is 0 Å². The molecule has 1 aromatic carbocycles. The number of nitrogens with two attached hydrogens (primary N) is 2. The van der Waals surface area contributed by atoms with Gasteiger partial charge in [-0.15, -0.1) is 11.8 Å². The number of fused-ring (bicyclic) bond motifs is 1. The molecule has 0 amide bonds. The summed E-state index contributed by atoms with van der Waals surface area (Å²) < 4.78 is 0. The maximum absolute atomic E-state index is 5.77. The van der Waals surface area contributed by atoms with Crippen molar-refractivity contribution in [2.24, 2.45) is 0 Å². The second kappa shape index (κ2) is 2.34. The molecule has 0 saturated carbocycles. The summed E-state index contributed by atoms with van der Waals surface area (Å²) in [4.78, 5) is 1.20. The van der Waals surface area contributed by atoms with Crippen LogP contribution in [0, 0.1) is 0 Å². The van der Waals surface area contributed by atoms with Crippen LogP contribution in [0.1, 0.15) is 5.56 Å². The molecule has 58 valence electrons. The average molecular weight is 166 g/mol. The first kappa shape index (κ1) is 6.85. The van der Waals surface area contributed by atoms with Gasteiger partial charge in [-0.3, -0.25) is 0 Å². The first-order chi connectivity index (χ1) is 5.29. The topological polar surface area (TPSA) is 52.0 Å². The van der Waals surface area contributed by atoms with E-state index in [-0.39, 0.29) is 0 Å². The molecule has 2 rings (SSSR count). The molecule has 1 heterocycles. The molecule has 0 aromatic heterocycles. The number of nitrogen functional groups attached to an aromatic ring is 2. The Bertz CT molecular complexity index is 267. The summed E-state index contributed by atoms with van der Waals surface area (Å²) in [5.74, 6) is 1.12. The van der Waals surface area contributed by atoms with Gasteiger partial charge < -0.3 is 11.5 Å². The minimum Gasteiger partial charge on any atom is -0.398 e. The Morgan fingerprint density at radius 2 is 1.91 bits per heavy atom. The number of thioether (sulfide) groups is 1. The molecule has 11 heavy (non-hydrogen) atoms. The highest BCUT2D eigenvalue weighted by atomic mass is 32.2. The molecule has 1 aliphatic heterocycles. The molecular weight excluding hydrogens is 156 g/mol. The minimum absolute atomic E-state index is 0.872. The van der Waals surface area contributed by atoms with E-state index in [1.165, 1.54) is 10.5 Å². The lowest BCUT2D eigenvalue weighted by atomic mass is 10.1. The zero-order valence-electron chi connectivity index (χ0n) is 6.13.